The third kappa shape index (κ3) is 6.32. The van der Waals surface area contributed by atoms with E-state index in [4.69, 9.17) is 4.74 Å². The molecule has 2 aromatic rings. The molecule has 0 aliphatic rings. The Morgan fingerprint density at radius 3 is 1.16 bits per heavy atom. The van der Waals surface area contributed by atoms with Crippen LogP contribution in [0.1, 0.15) is 75.6 Å². The fourth-order valence-electron chi connectivity index (χ4n) is 3.23. The van der Waals surface area contributed by atoms with Crippen molar-refractivity contribution in [3.63, 3.8) is 0 Å². The molecule has 1 nitrogen and oxygen atoms in total. The number of ether oxygens (including phenoxy) is 1. The molecule has 2 unspecified atom stereocenters. The molecular weight excluding hydrogens is 304 g/mol. The number of hydrogen-bond donors (Lipinski definition) is 0. The Morgan fingerprint density at radius 1 is 0.560 bits per heavy atom. The van der Waals surface area contributed by atoms with Gasteiger partial charge in [-0.2, -0.15) is 0 Å². The van der Waals surface area contributed by atoms with Crippen molar-refractivity contribution in [1.82, 2.24) is 0 Å². The van der Waals surface area contributed by atoms with E-state index in [0.717, 1.165) is 12.8 Å². The summed E-state index contributed by atoms with van der Waals surface area (Å²) in [5.74, 6) is 1.18. The molecule has 2 aromatic carbocycles. The highest BCUT2D eigenvalue weighted by Gasteiger charge is 2.11. The van der Waals surface area contributed by atoms with Crippen LogP contribution in [0.25, 0.3) is 0 Å². The molecule has 0 aliphatic carbocycles. The lowest BCUT2D eigenvalue weighted by molar-refractivity contribution is 0.00945. The number of benzene rings is 2. The molecule has 0 spiro atoms. The highest BCUT2D eigenvalue weighted by atomic mass is 16.5. The van der Waals surface area contributed by atoms with Crippen LogP contribution in [0.5, 0.6) is 0 Å². The molecule has 2 rings (SSSR count). The Morgan fingerprint density at radius 2 is 0.880 bits per heavy atom. The second-order valence-corrected chi connectivity index (χ2v) is 7.96. The molecule has 0 N–H and O–H groups in total. The van der Waals surface area contributed by atoms with Crippen LogP contribution in [0.3, 0.4) is 0 Å². The quantitative estimate of drug-likeness (QED) is 0.533. The lowest BCUT2D eigenvalue weighted by atomic mass is 9.99. The van der Waals surface area contributed by atoms with Gasteiger partial charge < -0.3 is 4.74 Å². The predicted octanol–water partition coefficient (Wildman–Crippen LogP) is 6.51. The Bertz CT molecular complexity index is 565. The molecule has 136 valence electrons. The zero-order valence-corrected chi connectivity index (χ0v) is 16.8. The van der Waals surface area contributed by atoms with E-state index >= 15 is 0 Å². The molecule has 2 atom stereocenters. The standard InChI is InChI=1S/C24H34O/c1-17(2)23-11-7-21(8-12-23)15-19(5)25-20(6)16-22-9-13-24(14-10-22)18(3)4/h7-14,17-20H,15-16H2,1-6H3. The molecule has 0 saturated heterocycles. The normalized spacial score (nSPS) is 14.1. The average molecular weight is 339 g/mol. The lowest BCUT2D eigenvalue weighted by Gasteiger charge is -2.20. The van der Waals surface area contributed by atoms with Crippen LogP contribution in [0, 0.1) is 0 Å². The Kier molecular flexibility index (Phi) is 7.25. The summed E-state index contributed by atoms with van der Waals surface area (Å²) in [5, 5.41) is 0. The third-order valence-electron chi connectivity index (χ3n) is 4.80. The van der Waals surface area contributed by atoms with Crippen LogP contribution in [-0.4, -0.2) is 12.2 Å². The first-order valence-electron chi connectivity index (χ1n) is 9.68. The van der Waals surface area contributed by atoms with Crippen molar-refractivity contribution in [2.24, 2.45) is 0 Å². The first-order valence-corrected chi connectivity index (χ1v) is 9.68. The second kappa shape index (κ2) is 9.20. The smallest absolute Gasteiger partial charge is 0.0591 e. The number of hydrogen-bond acceptors (Lipinski definition) is 1. The van der Waals surface area contributed by atoms with Gasteiger partial charge in [-0.1, -0.05) is 76.2 Å². The SMILES string of the molecule is CC(Cc1ccc(C(C)C)cc1)OC(C)Cc1ccc(C(C)C)cc1. The van der Waals surface area contributed by atoms with E-state index in [-0.39, 0.29) is 12.2 Å². The predicted molar refractivity (Wildman–Crippen MR) is 108 cm³/mol. The van der Waals surface area contributed by atoms with Crippen molar-refractivity contribution < 1.29 is 4.74 Å². The maximum absolute atomic E-state index is 6.21. The maximum atomic E-state index is 6.21. The summed E-state index contributed by atoms with van der Waals surface area (Å²) in [6.07, 6.45) is 2.40. The summed E-state index contributed by atoms with van der Waals surface area (Å²) in [6, 6.07) is 17.9. The molecule has 0 amide bonds. The summed E-state index contributed by atoms with van der Waals surface area (Å²) in [4.78, 5) is 0. The molecule has 0 heterocycles. The Labute approximate surface area is 154 Å². The number of rotatable bonds is 8. The third-order valence-corrected chi connectivity index (χ3v) is 4.80. The highest BCUT2D eigenvalue weighted by Crippen LogP contribution is 2.18. The van der Waals surface area contributed by atoms with Crippen LogP contribution in [0.4, 0.5) is 0 Å². The van der Waals surface area contributed by atoms with Crippen molar-refractivity contribution in [2.75, 3.05) is 0 Å². The molecule has 25 heavy (non-hydrogen) atoms. The van der Waals surface area contributed by atoms with Gasteiger partial charge >= 0.3 is 0 Å². The molecule has 0 aliphatic heterocycles. The molecule has 0 saturated carbocycles. The molecule has 0 fully saturated rings. The van der Waals surface area contributed by atoms with Gasteiger partial charge in [0.15, 0.2) is 0 Å². The summed E-state index contributed by atoms with van der Waals surface area (Å²) in [6.45, 7) is 13.3. The van der Waals surface area contributed by atoms with E-state index in [1.54, 1.807) is 0 Å². The minimum absolute atomic E-state index is 0.231. The summed E-state index contributed by atoms with van der Waals surface area (Å²) < 4.78 is 6.21. The van der Waals surface area contributed by atoms with Gasteiger partial charge in [0, 0.05) is 0 Å². The first-order chi connectivity index (χ1) is 11.8. The van der Waals surface area contributed by atoms with Gasteiger partial charge in [-0.25, -0.2) is 0 Å². The van der Waals surface area contributed by atoms with E-state index in [1.165, 1.54) is 22.3 Å². The van der Waals surface area contributed by atoms with Crippen LogP contribution in [0.15, 0.2) is 48.5 Å². The topological polar surface area (TPSA) is 9.23 Å². The van der Waals surface area contributed by atoms with Gasteiger partial charge in [-0.05, 0) is 60.8 Å². The van der Waals surface area contributed by atoms with Gasteiger partial charge in [0.05, 0.1) is 12.2 Å². The zero-order chi connectivity index (χ0) is 18.4. The average Bonchev–Trinajstić information content (AvgIpc) is 2.55. The van der Waals surface area contributed by atoms with Gasteiger partial charge in [0.1, 0.15) is 0 Å². The minimum Gasteiger partial charge on any atom is -0.375 e. The molecule has 1 heteroatoms. The van der Waals surface area contributed by atoms with Gasteiger partial charge in [-0.15, -0.1) is 0 Å². The second-order valence-electron chi connectivity index (χ2n) is 7.96. The van der Waals surface area contributed by atoms with Gasteiger partial charge in [0.25, 0.3) is 0 Å². The molecule has 0 radical (unpaired) electrons. The highest BCUT2D eigenvalue weighted by molar-refractivity contribution is 5.26. The molecule has 0 bridgehead atoms. The lowest BCUT2D eigenvalue weighted by Crippen LogP contribution is -2.21. The fourth-order valence-corrected chi connectivity index (χ4v) is 3.23. The summed E-state index contributed by atoms with van der Waals surface area (Å²) >= 11 is 0. The van der Waals surface area contributed by atoms with E-state index in [9.17, 15) is 0 Å². The van der Waals surface area contributed by atoms with Crippen molar-refractivity contribution in [2.45, 2.75) is 78.4 Å². The van der Waals surface area contributed by atoms with Crippen LogP contribution in [0.2, 0.25) is 0 Å². The van der Waals surface area contributed by atoms with Crippen LogP contribution >= 0.6 is 0 Å². The molecular formula is C24H34O. The summed E-state index contributed by atoms with van der Waals surface area (Å²) in [7, 11) is 0. The Hall–Kier alpha value is -1.60. The summed E-state index contributed by atoms with van der Waals surface area (Å²) in [5.41, 5.74) is 5.50. The van der Waals surface area contributed by atoms with E-state index in [0.29, 0.717) is 11.8 Å². The fraction of sp³-hybridized carbons (Fsp3) is 0.500. The van der Waals surface area contributed by atoms with Gasteiger partial charge in [0.2, 0.25) is 0 Å². The van der Waals surface area contributed by atoms with E-state index in [2.05, 4.69) is 90.1 Å². The van der Waals surface area contributed by atoms with Crippen LogP contribution < -0.4 is 0 Å². The maximum Gasteiger partial charge on any atom is 0.0591 e. The molecule has 0 aromatic heterocycles. The minimum atomic E-state index is 0.231. The van der Waals surface area contributed by atoms with E-state index in [1.807, 2.05) is 0 Å². The van der Waals surface area contributed by atoms with E-state index < -0.39 is 0 Å². The van der Waals surface area contributed by atoms with Crippen LogP contribution in [-0.2, 0) is 17.6 Å². The van der Waals surface area contributed by atoms with Crippen molar-refractivity contribution >= 4 is 0 Å². The zero-order valence-electron chi connectivity index (χ0n) is 16.8. The monoisotopic (exact) mass is 338 g/mol. The Balaban J connectivity index is 1.83. The van der Waals surface area contributed by atoms with Gasteiger partial charge in [-0.3, -0.25) is 0 Å². The first kappa shape index (κ1) is 19.7. The van der Waals surface area contributed by atoms with Crippen molar-refractivity contribution in [1.29, 1.82) is 0 Å². The van der Waals surface area contributed by atoms with Crippen molar-refractivity contribution in [3.05, 3.63) is 70.8 Å². The van der Waals surface area contributed by atoms with Crippen molar-refractivity contribution in [3.8, 4) is 0 Å². The largest absolute Gasteiger partial charge is 0.375 e.